The van der Waals surface area contributed by atoms with Gasteiger partial charge in [-0.25, -0.2) is 13.8 Å². The van der Waals surface area contributed by atoms with E-state index >= 15 is 0 Å². The van der Waals surface area contributed by atoms with E-state index in [2.05, 4.69) is 9.97 Å². The first kappa shape index (κ1) is 15.3. The van der Waals surface area contributed by atoms with Gasteiger partial charge in [0.15, 0.2) is 11.6 Å². The van der Waals surface area contributed by atoms with Crippen LogP contribution in [-0.2, 0) is 0 Å². The van der Waals surface area contributed by atoms with Gasteiger partial charge in [0.25, 0.3) is 5.91 Å². The van der Waals surface area contributed by atoms with Crippen molar-refractivity contribution in [3.05, 3.63) is 54.0 Å². The number of halogens is 2. The molecular weight excluding hydrogens is 304 g/mol. The molecule has 0 N–H and O–H groups in total. The maximum Gasteiger partial charge on any atom is 0.254 e. The van der Waals surface area contributed by atoms with Crippen molar-refractivity contribution in [3.8, 4) is 5.88 Å². The Morgan fingerprint density at radius 1 is 1.26 bits per heavy atom. The Labute approximate surface area is 131 Å². The van der Waals surface area contributed by atoms with Gasteiger partial charge in [0.2, 0.25) is 5.88 Å². The number of carbonyl (C=O) groups excluding carboxylic acids is 1. The summed E-state index contributed by atoms with van der Waals surface area (Å²) in [7, 11) is 0. The molecule has 7 heteroatoms. The van der Waals surface area contributed by atoms with Gasteiger partial charge in [-0.3, -0.25) is 9.78 Å². The highest BCUT2D eigenvalue weighted by Crippen LogP contribution is 2.19. The van der Waals surface area contributed by atoms with E-state index in [0.717, 1.165) is 25.0 Å². The van der Waals surface area contributed by atoms with Gasteiger partial charge in [0.05, 0.1) is 12.7 Å². The third-order valence-electron chi connectivity index (χ3n) is 3.66. The van der Waals surface area contributed by atoms with Crippen LogP contribution in [0.25, 0.3) is 0 Å². The van der Waals surface area contributed by atoms with Crippen molar-refractivity contribution in [2.45, 2.75) is 18.9 Å². The number of ether oxygens (including phenoxy) is 1. The molecule has 5 nitrogen and oxygen atoms in total. The lowest BCUT2D eigenvalue weighted by Crippen LogP contribution is -2.44. The van der Waals surface area contributed by atoms with E-state index in [0.29, 0.717) is 19.0 Å². The molecule has 1 fully saturated rings. The minimum Gasteiger partial charge on any atom is -0.471 e. The van der Waals surface area contributed by atoms with Crippen LogP contribution in [0.1, 0.15) is 23.2 Å². The van der Waals surface area contributed by atoms with E-state index in [1.807, 2.05) is 0 Å². The topological polar surface area (TPSA) is 55.3 Å². The summed E-state index contributed by atoms with van der Waals surface area (Å²) in [6.45, 7) is 0.923. The fraction of sp³-hybridized carbons (Fsp3) is 0.312. The zero-order valence-corrected chi connectivity index (χ0v) is 12.3. The molecule has 1 aliphatic rings. The Morgan fingerprint density at radius 2 is 2.13 bits per heavy atom. The first-order valence-corrected chi connectivity index (χ1v) is 7.30. The molecule has 2 heterocycles. The largest absolute Gasteiger partial charge is 0.471 e. The summed E-state index contributed by atoms with van der Waals surface area (Å²) in [5.41, 5.74) is 0.129. The average molecular weight is 319 g/mol. The predicted molar refractivity (Wildman–Crippen MR) is 77.9 cm³/mol. The highest BCUT2D eigenvalue weighted by Gasteiger charge is 2.26. The monoisotopic (exact) mass is 319 g/mol. The summed E-state index contributed by atoms with van der Waals surface area (Å²) in [5, 5.41) is 0. The molecule has 0 radical (unpaired) electrons. The number of piperidine rings is 1. The smallest absolute Gasteiger partial charge is 0.254 e. The Morgan fingerprint density at radius 3 is 2.87 bits per heavy atom. The SMILES string of the molecule is O=C(c1ccc(F)c(F)c1)N1CCCC(Oc2cnccn2)C1. The minimum atomic E-state index is -1.03. The van der Waals surface area contributed by atoms with Crippen LogP contribution in [0, 0.1) is 11.6 Å². The molecule has 1 amide bonds. The van der Waals surface area contributed by atoms with E-state index in [9.17, 15) is 13.6 Å². The molecular formula is C16H15F2N3O2. The van der Waals surface area contributed by atoms with Crippen LogP contribution in [0.4, 0.5) is 8.78 Å². The van der Waals surface area contributed by atoms with Crippen LogP contribution < -0.4 is 4.74 Å². The molecule has 1 aromatic carbocycles. The lowest BCUT2D eigenvalue weighted by atomic mass is 10.1. The highest BCUT2D eigenvalue weighted by atomic mass is 19.2. The number of rotatable bonds is 3. The fourth-order valence-corrected chi connectivity index (χ4v) is 2.55. The van der Waals surface area contributed by atoms with Crippen molar-refractivity contribution in [2.24, 2.45) is 0 Å². The van der Waals surface area contributed by atoms with Crippen LogP contribution in [0.2, 0.25) is 0 Å². The van der Waals surface area contributed by atoms with Gasteiger partial charge < -0.3 is 9.64 Å². The number of likely N-dealkylation sites (tertiary alicyclic amines) is 1. The molecule has 2 aromatic rings. The molecule has 1 aliphatic heterocycles. The summed E-state index contributed by atoms with van der Waals surface area (Å²) >= 11 is 0. The van der Waals surface area contributed by atoms with Crippen LogP contribution in [0.15, 0.2) is 36.8 Å². The molecule has 1 saturated heterocycles. The van der Waals surface area contributed by atoms with E-state index in [4.69, 9.17) is 4.74 Å². The highest BCUT2D eigenvalue weighted by molar-refractivity contribution is 5.94. The van der Waals surface area contributed by atoms with Gasteiger partial charge in [-0.2, -0.15) is 0 Å². The number of hydrogen-bond donors (Lipinski definition) is 0. The van der Waals surface area contributed by atoms with Crippen LogP contribution in [0.5, 0.6) is 5.88 Å². The maximum absolute atomic E-state index is 13.3. The molecule has 1 atom stereocenters. The van der Waals surface area contributed by atoms with Crippen molar-refractivity contribution in [1.82, 2.24) is 14.9 Å². The van der Waals surface area contributed by atoms with Gasteiger partial charge in [-0.15, -0.1) is 0 Å². The molecule has 1 unspecified atom stereocenters. The summed E-state index contributed by atoms with van der Waals surface area (Å²) in [4.78, 5) is 22.0. The number of aromatic nitrogens is 2. The number of benzene rings is 1. The quantitative estimate of drug-likeness (QED) is 0.872. The second kappa shape index (κ2) is 6.68. The lowest BCUT2D eigenvalue weighted by Gasteiger charge is -2.32. The molecule has 0 saturated carbocycles. The van der Waals surface area contributed by atoms with Crippen LogP contribution >= 0.6 is 0 Å². The predicted octanol–water partition coefficient (Wildman–Crippen LogP) is 2.44. The Balaban J connectivity index is 1.68. The van der Waals surface area contributed by atoms with Crippen molar-refractivity contribution < 1.29 is 18.3 Å². The van der Waals surface area contributed by atoms with Crippen LogP contribution in [0.3, 0.4) is 0 Å². The number of nitrogens with zero attached hydrogens (tertiary/aromatic N) is 3. The van der Waals surface area contributed by atoms with Gasteiger partial charge >= 0.3 is 0 Å². The summed E-state index contributed by atoms with van der Waals surface area (Å²) in [5.74, 6) is -1.93. The standard InChI is InChI=1S/C16H15F2N3O2/c17-13-4-3-11(8-14(13)18)16(22)21-7-1-2-12(10-21)23-15-9-19-5-6-20-15/h3-6,8-9,12H,1-2,7,10H2. The number of carbonyl (C=O) groups is 1. The third-order valence-corrected chi connectivity index (χ3v) is 3.66. The minimum absolute atomic E-state index is 0.129. The second-order valence-electron chi connectivity index (χ2n) is 5.31. The molecule has 23 heavy (non-hydrogen) atoms. The molecule has 3 rings (SSSR count). The molecule has 0 aliphatic carbocycles. The summed E-state index contributed by atoms with van der Waals surface area (Å²) < 4.78 is 32.0. The van der Waals surface area contributed by atoms with E-state index in [1.54, 1.807) is 11.1 Å². The zero-order valence-electron chi connectivity index (χ0n) is 12.3. The van der Waals surface area contributed by atoms with Crippen molar-refractivity contribution in [3.63, 3.8) is 0 Å². The molecule has 0 bridgehead atoms. The lowest BCUT2D eigenvalue weighted by molar-refractivity contribution is 0.0526. The van der Waals surface area contributed by atoms with Gasteiger partial charge in [0, 0.05) is 24.5 Å². The average Bonchev–Trinajstić information content (AvgIpc) is 2.58. The van der Waals surface area contributed by atoms with Gasteiger partial charge in [-0.05, 0) is 31.0 Å². The third kappa shape index (κ3) is 3.61. The van der Waals surface area contributed by atoms with Gasteiger partial charge in [0.1, 0.15) is 6.10 Å². The van der Waals surface area contributed by atoms with Crippen LogP contribution in [-0.4, -0.2) is 40.0 Å². The second-order valence-corrected chi connectivity index (χ2v) is 5.31. The normalized spacial score (nSPS) is 17.8. The van der Waals surface area contributed by atoms with Crippen molar-refractivity contribution in [2.75, 3.05) is 13.1 Å². The molecule has 1 aromatic heterocycles. The van der Waals surface area contributed by atoms with Crippen molar-refractivity contribution >= 4 is 5.91 Å². The van der Waals surface area contributed by atoms with E-state index in [1.165, 1.54) is 18.5 Å². The maximum atomic E-state index is 13.3. The Bertz CT molecular complexity index is 697. The fourth-order valence-electron chi connectivity index (χ4n) is 2.55. The van der Waals surface area contributed by atoms with E-state index < -0.39 is 11.6 Å². The Hall–Kier alpha value is -2.57. The zero-order chi connectivity index (χ0) is 16.2. The first-order chi connectivity index (χ1) is 11.1. The Kier molecular flexibility index (Phi) is 4.45. The summed E-state index contributed by atoms with van der Waals surface area (Å²) in [6.07, 6.45) is 5.94. The number of amides is 1. The first-order valence-electron chi connectivity index (χ1n) is 7.30. The van der Waals surface area contributed by atoms with Crippen molar-refractivity contribution in [1.29, 1.82) is 0 Å². The molecule has 0 spiro atoms. The van der Waals surface area contributed by atoms with Gasteiger partial charge in [-0.1, -0.05) is 0 Å². The number of hydrogen-bond acceptors (Lipinski definition) is 4. The summed E-state index contributed by atoms with van der Waals surface area (Å²) in [6, 6.07) is 3.17. The van der Waals surface area contributed by atoms with E-state index in [-0.39, 0.29) is 17.6 Å². The molecule has 120 valence electrons.